The van der Waals surface area contributed by atoms with Crippen molar-refractivity contribution in [1.29, 1.82) is 0 Å². The number of nitrogens with zero attached hydrogens (tertiary/aromatic N) is 1. The average molecular weight is 390 g/mol. The minimum Gasteiger partial charge on any atom is -0.444 e. The number of nitrogens with one attached hydrogen (secondary N) is 2. The lowest BCUT2D eigenvalue weighted by Crippen LogP contribution is -2.49. The van der Waals surface area contributed by atoms with Crippen LogP contribution in [0.1, 0.15) is 41.0 Å². The van der Waals surface area contributed by atoms with Crippen LogP contribution in [-0.2, 0) is 9.53 Å². The number of hydrogen-bond acceptors (Lipinski definition) is 5. The number of hydrogen-bond donors (Lipinski definition) is 2. The van der Waals surface area contributed by atoms with E-state index in [4.69, 9.17) is 4.74 Å². The third-order valence-corrected chi connectivity index (χ3v) is 4.82. The van der Waals surface area contributed by atoms with Crippen molar-refractivity contribution in [2.24, 2.45) is 5.92 Å². The molecule has 2 aromatic rings. The van der Waals surface area contributed by atoms with Gasteiger partial charge in [-0.05, 0) is 51.0 Å². The van der Waals surface area contributed by atoms with E-state index in [2.05, 4.69) is 15.6 Å². The smallest absolute Gasteiger partial charge is 0.408 e. The molecule has 27 heavy (non-hydrogen) atoms. The predicted octanol–water partition coefficient (Wildman–Crippen LogP) is 4.69. The van der Waals surface area contributed by atoms with Crippen molar-refractivity contribution in [2.45, 2.75) is 52.7 Å². The van der Waals surface area contributed by atoms with Gasteiger partial charge in [-0.2, -0.15) is 0 Å². The van der Waals surface area contributed by atoms with Crippen LogP contribution >= 0.6 is 11.3 Å². The third-order valence-electron chi connectivity index (χ3n) is 4.00. The highest BCUT2D eigenvalue weighted by molar-refractivity contribution is 7.13. The number of carbonyl (C=O) groups excluding carboxylic acids is 2. The average Bonchev–Trinajstić information content (AvgIpc) is 3.12. The van der Waals surface area contributed by atoms with Gasteiger partial charge >= 0.3 is 6.09 Å². The SMILES string of the molecule is CCC(C)C(NC(=O)OC(C)(C)C)C(=O)Nc1ccc(-c2nccs2)cc1. The van der Waals surface area contributed by atoms with E-state index in [1.165, 1.54) is 0 Å². The summed E-state index contributed by atoms with van der Waals surface area (Å²) in [6.07, 6.45) is 1.91. The number of benzene rings is 1. The zero-order valence-corrected chi connectivity index (χ0v) is 17.2. The van der Waals surface area contributed by atoms with Crippen molar-refractivity contribution < 1.29 is 14.3 Å². The number of alkyl carbamates (subject to hydrolysis) is 1. The zero-order valence-electron chi connectivity index (χ0n) is 16.4. The van der Waals surface area contributed by atoms with E-state index in [0.717, 1.165) is 17.0 Å². The molecule has 7 heteroatoms. The van der Waals surface area contributed by atoms with E-state index >= 15 is 0 Å². The fourth-order valence-corrected chi connectivity index (χ4v) is 3.06. The summed E-state index contributed by atoms with van der Waals surface area (Å²) < 4.78 is 5.28. The van der Waals surface area contributed by atoms with E-state index in [1.807, 2.05) is 43.5 Å². The van der Waals surface area contributed by atoms with Crippen LogP contribution in [0.3, 0.4) is 0 Å². The Hall–Kier alpha value is -2.41. The van der Waals surface area contributed by atoms with Gasteiger partial charge in [-0.3, -0.25) is 4.79 Å². The fourth-order valence-electron chi connectivity index (χ4n) is 2.42. The van der Waals surface area contributed by atoms with Gasteiger partial charge in [-0.1, -0.05) is 20.3 Å². The summed E-state index contributed by atoms with van der Waals surface area (Å²) in [6, 6.07) is 6.80. The molecule has 1 aromatic heterocycles. The maximum absolute atomic E-state index is 12.7. The standard InChI is InChI=1S/C20H27N3O3S/c1-6-13(2)16(23-19(25)26-20(3,4)5)17(24)22-15-9-7-14(8-10-15)18-21-11-12-27-18/h7-13,16H,6H2,1-5H3,(H,22,24)(H,23,25). The topological polar surface area (TPSA) is 80.3 Å². The Morgan fingerprint density at radius 3 is 2.41 bits per heavy atom. The van der Waals surface area contributed by atoms with Crippen LogP contribution in [0.4, 0.5) is 10.5 Å². The van der Waals surface area contributed by atoms with Crippen molar-refractivity contribution in [1.82, 2.24) is 10.3 Å². The van der Waals surface area contributed by atoms with Crippen LogP contribution in [-0.4, -0.2) is 28.6 Å². The number of aromatic nitrogens is 1. The predicted molar refractivity (Wildman–Crippen MR) is 109 cm³/mol. The molecule has 2 N–H and O–H groups in total. The summed E-state index contributed by atoms with van der Waals surface area (Å²) in [5.41, 5.74) is 1.04. The van der Waals surface area contributed by atoms with Crippen LogP contribution in [0.2, 0.25) is 0 Å². The lowest BCUT2D eigenvalue weighted by Gasteiger charge is -2.26. The molecule has 0 aliphatic heterocycles. The Morgan fingerprint density at radius 2 is 1.89 bits per heavy atom. The molecule has 2 rings (SSSR count). The molecule has 6 nitrogen and oxygen atoms in total. The molecule has 0 saturated carbocycles. The molecular formula is C20H27N3O3S. The Kier molecular flexibility index (Phi) is 6.96. The first kappa shape index (κ1) is 20.9. The summed E-state index contributed by atoms with van der Waals surface area (Å²) in [5, 5.41) is 8.42. The van der Waals surface area contributed by atoms with Gasteiger partial charge in [0.1, 0.15) is 16.7 Å². The lowest BCUT2D eigenvalue weighted by atomic mass is 9.98. The molecule has 0 aliphatic carbocycles. The monoisotopic (exact) mass is 389 g/mol. The largest absolute Gasteiger partial charge is 0.444 e. The molecule has 2 atom stereocenters. The molecule has 146 valence electrons. The highest BCUT2D eigenvalue weighted by Gasteiger charge is 2.28. The molecule has 2 unspecified atom stereocenters. The molecule has 2 amide bonds. The van der Waals surface area contributed by atoms with E-state index in [0.29, 0.717) is 5.69 Å². The highest BCUT2D eigenvalue weighted by Crippen LogP contribution is 2.23. The van der Waals surface area contributed by atoms with Gasteiger partial charge in [0.15, 0.2) is 0 Å². The molecule has 0 saturated heterocycles. The van der Waals surface area contributed by atoms with Crippen LogP contribution in [0.25, 0.3) is 10.6 Å². The first-order valence-electron chi connectivity index (χ1n) is 9.00. The van der Waals surface area contributed by atoms with Crippen LogP contribution < -0.4 is 10.6 Å². The third kappa shape index (κ3) is 6.36. The van der Waals surface area contributed by atoms with Gasteiger partial charge in [0.05, 0.1) is 0 Å². The van der Waals surface area contributed by atoms with Crippen molar-refractivity contribution in [3.05, 3.63) is 35.8 Å². The van der Waals surface area contributed by atoms with E-state index in [1.54, 1.807) is 38.3 Å². The molecule has 1 heterocycles. The summed E-state index contributed by atoms with van der Waals surface area (Å²) in [5.74, 6) is -0.302. The zero-order chi connectivity index (χ0) is 20.0. The van der Waals surface area contributed by atoms with Crippen molar-refractivity contribution in [3.8, 4) is 10.6 Å². The summed E-state index contributed by atoms with van der Waals surface area (Å²) in [4.78, 5) is 29.1. The van der Waals surface area contributed by atoms with Gasteiger partial charge in [0.25, 0.3) is 0 Å². The molecule has 0 fully saturated rings. The summed E-state index contributed by atoms with van der Waals surface area (Å²) in [7, 11) is 0. The minimum atomic E-state index is -0.677. The normalized spacial score (nSPS) is 13.5. The number of amides is 2. The van der Waals surface area contributed by atoms with Crippen molar-refractivity contribution >= 4 is 29.0 Å². The number of anilines is 1. The van der Waals surface area contributed by atoms with Crippen LogP contribution in [0, 0.1) is 5.92 Å². The van der Waals surface area contributed by atoms with E-state index in [9.17, 15) is 9.59 Å². The summed E-state index contributed by atoms with van der Waals surface area (Å²) >= 11 is 1.56. The van der Waals surface area contributed by atoms with Gasteiger partial charge in [0.2, 0.25) is 5.91 Å². The van der Waals surface area contributed by atoms with Crippen molar-refractivity contribution in [2.75, 3.05) is 5.32 Å². The second-order valence-electron chi connectivity index (χ2n) is 7.41. The Bertz CT molecular complexity index is 752. The van der Waals surface area contributed by atoms with E-state index < -0.39 is 17.7 Å². The molecule has 1 aromatic carbocycles. The number of thiazole rings is 1. The van der Waals surface area contributed by atoms with Crippen LogP contribution in [0.5, 0.6) is 0 Å². The maximum atomic E-state index is 12.7. The lowest BCUT2D eigenvalue weighted by molar-refractivity contribution is -0.119. The highest BCUT2D eigenvalue weighted by atomic mass is 32.1. The number of ether oxygens (including phenoxy) is 1. The first-order chi connectivity index (χ1) is 12.7. The number of rotatable bonds is 6. The Balaban J connectivity index is 2.05. The first-order valence-corrected chi connectivity index (χ1v) is 9.88. The second-order valence-corrected chi connectivity index (χ2v) is 8.31. The van der Waals surface area contributed by atoms with E-state index in [-0.39, 0.29) is 11.8 Å². The quantitative estimate of drug-likeness (QED) is 0.751. The molecule has 0 bridgehead atoms. The van der Waals surface area contributed by atoms with Gasteiger partial charge < -0.3 is 15.4 Å². The van der Waals surface area contributed by atoms with Crippen molar-refractivity contribution in [3.63, 3.8) is 0 Å². The minimum absolute atomic E-state index is 0.0351. The fraction of sp³-hybridized carbons (Fsp3) is 0.450. The van der Waals surface area contributed by atoms with Gasteiger partial charge in [0, 0.05) is 22.8 Å². The number of carbonyl (C=O) groups is 2. The second kappa shape index (κ2) is 8.99. The Morgan fingerprint density at radius 1 is 1.22 bits per heavy atom. The van der Waals surface area contributed by atoms with Gasteiger partial charge in [-0.25, -0.2) is 9.78 Å². The Labute approximate surface area is 164 Å². The summed E-state index contributed by atoms with van der Waals surface area (Å²) in [6.45, 7) is 9.26. The van der Waals surface area contributed by atoms with Crippen LogP contribution in [0.15, 0.2) is 35.8 Å². The van der Waals surface area contributed by atoms with Gasteiger partial charge in [-0.15, -0.1) is 11.3 Å². The molecule has 0 spiro atoms. The molecule has 0 radical (unpaired) electrons. The maximum Gasteiger partial charge on any atom is 0.408 e. The molecule has 0 aliphatic rings. The molecular weight excluding hydrogens is 362 g/mol.